The van der Waals surface area contributed by atoms with Crippen molar-refractivity contribution in [2.45, 2.75) is 51.0 Å². The van der Waals surface area contributed by atoms with E-state index in [2.05, 4.69) is 29.0 Å². The van der Waals surface area contributed by atoms with Crippen molar-refractivity contribution in [3.8, 4) is 12.0 Å². The summed E-state index contributed by atoms with van der Waals surface area (Å²) in [4.78, 5) is 34.3. The maximum atomic E-state index is 11.8. The van der Waals surface area contributed by atoms with Crippen LogP contribution >= 0.6 is 8.53 Å². The maximum Gasteiger partial charge on any atom is 0.347 e. The van der Waals surface area contributed by atoms with E-state index in [1.807, 2.05) is 0 Å². The van der Waals surface area contributed by atoms with Crippen LogP contribution < -0.4 is 16.8 Å². The largest absolute Gasteiger partial charge is 0.444 e. The first-order valence-corrected chi connectivity index (χ1v) is 9.13. The zero-order valence-corrected chi connectivity index (χ0v) is 14.6. The molecule has 0 saturated carbocycles. The number of aromatic amines is 1. The lowest BCUT2D eigenvalue weighted by Crippen LogP contribution is -2.34. The Hall–Kier alpha value is -1.76. The van der Waals surface area contributed by atoms with Gasteiger partial charge in [-0.3, -0.25) is 15.3 Å². The third-order valence-electron chi connectivity index (χ3n) is 3.48. The second-order valence-corrected chi connectivity index (χ2v) is 6.20. The highest BCUT2D eigenvalue weighted by Gasteiger charge is 2.39. The molecular formula is C14H21N4O6P. The summed E-state index contributed by atoms with van der Waals surface area (Å²) in [5, 5.41) is 3.76. The lowest BCUT2D eigenvalue weighted by Gasteiger charge is -2.17. The molecule has 1 aliphatic rings. The molecule has 1 aliphatic heterocycles. The molecule has 0 radical (unpaired) electrons. The van der Waals surface area contributed by atoms with Gasteiger partial charge in [-0.1, -0.05) is 19.3 Å². The molecule has 1 unspecified atom stereocenters. The van der Waals surface area contributed by atoms with E-state index in [1.165, 1.54) is 0 Å². The number of rotatable bonds is 7. The van der Waals surface area contributed by atoms with Crippen LogP contribution in [-0.4, -0.2) is 38.5 Å². The van der Waals surface area contributed by atoms with Crippen molar-refractivity contribution in [1.29, 1.82) is 0 Å². The van der Waals surface area contributed by atoms with Gasteiger partial charge in [-0.05, 0) is 6.42 Å². The van der Waals surface area contributed by atoms with E-state index < -0.39 is 38.2 Å². The molecule has 0 bridgehead atoms. The summed E-state index contributed by atoms with van der Waals surface area (Å²) in [6.45, 7) is 2.16. The smallest absolute Gasteiger partial charge is 0.347 e. The normalized spacial score (nSPS) is 23.7. The van der Waals surface area contributed by atoms with Gasteiger partial charge in [0.05, 0.1) is 6.10 Å². The van der Waals surface area contributed by atoms with Crippen LogP contribution in [0.2, 0.25) is 0 Å². The van der Waals surface area contributed by atoms with Gasteiger partial charge in [0, 0.05) is 12.8 Å². The number of aromatic nitrogens is 3. The first-order chi connectivity index (χ1) is 12.0. The second-order valence-electron chi connectivity index (χ2n) is 5.39. The van der Waals surface area contributed by atoms with Gasteiger partial charge in [-0.2, -0.15) is 9.78 Å². The topological polar surface area (TPSA) is 142 Å². The van der Waals surface area contributed by atoms with Gasteiger partial charge >= 0.3 is 5.69 Å². The molecule has 2 rings (SSSR count). The number of H-pyrrole nitrogens is 1. The summed E-state index contributed by atoms with van der Waals surface area (Å²) in [7, 11) is -2.10. The van der Waals surface area contributed by atoms with E-state index in [0.717, 1.165) is 30.1 Å². The molecule has 1 aromatic heterocycles. The zero-order valence-electron chi connectivity index (χ0n) is 13.8. The lowest BCUT2D eigenvalue weighted by molar-refractivity contribution is -0.0469. The highest BCUT2D eigenvalue weighted by atomic mass is 31.2. The summed E-state index contributed by atoms with van der Waals surface area (Å²) in [5.74, 6) is 2.88. The van der Waals surface area contributed by atoms with Crippen LogP contribution in [-0.2, 0) is 14.0 Å². The molecule has 138 valence electrons. The van der Waals surface area contributed by atoms with Crippen LogP contribution in [0, 0.1) is 12.0 Å². The van der Waals surface area contributed by atoms with Gasteiger partial charge in [0.25, 0.3) is 5.56 Å². The van der Waals surface area contributed by atoms with E-state index in [9.17, 15) is 14.5 Å². The minimum Gasteiger partial charge on any atom is -0.444 e. The second kappa shape index (κ2) is 9.65. The van der Waals surface area contributed by atoms with Crippen molar-refractivity contribution in [3.63, 3.8) is 0 Å². The molecule has 1 saturated heterocycles. The monoisotopic (exact) mass is 372 g/mol. The van der Waals surface area contributed by atoms with E-state index in [-0.39, 0.29) is 13.0 Å². The Morgan fingerprint density at radius 3 is 3.08 bits per heavy atom. The Morgan fingerprint density at radius 1 is 1.60 bits per heavy atom. The SMILES string of the molecule is CCCCC#COC[C@H]1O[C@@H](n2ncc(=O)[nH]c2=O)C[C@@H]1OP(N)O. The van der Waals surface area contributed by atoms with E-state index >= 15 is 0 Å². The standard InChI is InChI=1S/C14H21N4O6P/c1-2-3-4-5-6-22-9-11-10(24-25(15)21)7-13(23-11)18-14(20)17-12(19)8-16-18/h8,10-11,13,21H,2-4,7,9,15H2,1H3,(H,17,19,20)/t10-,11+,13+,25?/m0/s1. The van der Waals surface area contributed by atoms with Crippen molar-refractivity contribution in [3.05, 3.63) is 27.0 Å². The average Bonchev–Trinajstić information content (AvgIpc) is 2.92. The highest BCUT2D eigenvalue weighted by molar-refractivity contribution is 7.43. The van der Waals surface area contributed by atoms with Gasteiger partial charge in [0.1, 0.15) is 25.0 Å². The van der Waals surface area contributed by atoms with Crippen molar-refractivity contribution >= 4 is 8.53 Å². The van der Waals surface area contributed by atoms with Gasteiger partial charge in [0.2, 0.25) is 8.53 Å². The predicted molar refractivity (Wildman–Crippen MR) is 89.1 cm³/mol. The van der Waals surface area contributed by atoms with E-state index in [4.69, 9.17) is 19.5 Å². The molecule has 25 heavy (non-hydrogen) atoms. The highest BCUT2D eigenvalue weighted by Crippen LogP contribution is 2.35. The maximum absolute atomic E-state index is 11.8. The lowest BCUT2D eigenvalue weighted by atomic mass is 10.2. The first-order valence-electron chi connectivity index (χ1n) is 7.85. The summed E-state index contributed by atoms with van der Waals surface area (Å²) < 4.78 is 17.2. The fourth-order valence-corrected chi connectivity index (χ4v) is 2.81. The summed E-state index contributed by atoms with van der Waals surface area (Å²) in [6.07, 6.45) is 4.61. The Balaban J connectivity index is 2.02. The van der Waals surface area contributed by atoms with Gasteiger partial charge in [-0.15, -0.1) is 0 Å². The zero-order chi connectivity index (χ0) is 18.2. The molecule has 0 spiro atoms. The third-order valence-corrected chi connectivity index (χ3v) is 3.97. The van der Waals surface area contributed by atoms with E-state index in [1.54, 1.807) is 0 Å². The Labute approximate surface area is 145 Å². The van der Waals surface area contributed by atoms with Crippen LogP contribution in [0.5, 0.6) is 0 Å². The minimum absolute atomic E-state index is 0.0849. The Bertz CT molecular complexity index is 724. The minimum atomic E-state index is -2.10. The quantitative estimate of drug-likeness (QED) is 0.344. The van der Waals surface area contributed by atoms with Crippen LogP contribution in [0.25, 0.3) is 0 Å². The number of unbranched alkanes of at least 4 members (excludes halogenated alkanes) is 2. The Kier molecular flexibility index (Phi) is 7.55. The first kappa shape index (κ1) is 19.6. The number of hydrogen-bond donors (Lipinski definition) is 3. The van der Waals surface area contributed by atoms with Gasteiger partial charge in [-0.25, -0.2) is 4.79 Å². The van der Waals surface area contributed by atoms with Gasteiger partial charge in [0.15, 0.2) is 6.23 Å². The van der Waals surface area contributed by atoms with Crippen LogP contribution in [0.3, 0.4) is 0 Å². The summed E-state index contributed by atoms with van der Waals surface area (Å²) in [6, 6.07) is 0. The molecular weight excluding hydrogens is 351 g/mol. The van der Waals surface area contributed by atoms with Crippen LogP contribution in [0.15, 0.2) is 15.8 Å². The summed E-state index contributed by atoms with van der Waals surface area (Å²) in [5.41, 5.74) is 4.02. The average molecular weight is 372 g/mol. The predicted octanol–water partition coefficient (Wildman–Crippen LogP) is -0.0501. The molecule has 10 nitrogen and oxygen atoms in total. The van der Waals surface area contributed by atoms with Crippen LogP contribution in [0.4, 0.5) is 0 Å². The van der Waals surface area contributed by atoms with Gasteiger partial charge < -0.3 is 18.9 Å². The van der Waals surface area contributed by atoms with Crippen molar-refractivity contribution in [2.75, 3.05) is 6.61 Å². The van der Waals surface area contributed by atoms with Crippen LogP contribution in [0.1, 0.15) is 38.8 Å². The molecule has 1 fully saturated rings. The molecule has 0 aromatic carbocycles. The summed E-state index contributed by atoms with van der Waals surface area (Å²) >= 11 is 0. The fourth-order valence-electron chi connectivity index (χ4n) is 2.31. The molecule has 11 heteroatoms. The molecule has 0 aliphatic carbocycles. The number of nitrogens with zero attached hydrogens (tertiary/aromatic N) is 2. The number of nitrogens with one attached hydrogen (secondary N) is 1. The Morgan fingerprint density at radius 2 is 2.40 bits per heavy atom. The number of nitrogens with two attached hydrogens (primary N) is 1. The van der Waals surface area contributed by atoms with Crippen molar-refractivity contribution in [1.82, 2.24) is 14.8 Å². The molecule has 0 amide bonds. The fraction of sp³-hybridized carbons (Fsp3) is 0.643. The number of hydrogen-bond acceptors (Lipinski definition) is 8. The van der Waals surface area contributed by atoms with Crippen molar-refractivity contribution < 1.29 is 18.9 Å². The third kappa shape index (κ3) is 5.92. The molecule has 4 atom stereocenters. The molecule has 2 heterocycles. The molecule has 4 N–H and O–H groups in total. The van der Waals surface area contributed by atoms with E-state index in [0.29, 0.717) is 0 Å². The number of ether oxygens (including phenoxy) is 2. The molecule has 1 aromatic rings. The van der Waals surface area contributed by atoms with Crippen molar-refractivity contribution in [2.24, 2.45) is 5.50 Å².